The van der Waals surface area contributed by atoms with Crippen LogP contribution in [-0.4, -0.2) is 28.9 Å². The molecule has 1 aliphatic heterocycles. The highest BCUT2D eigenvalue weighted by Crippen LogP contribution is 2.13. The summed E-state index contributed by atoms with van der Waals surface area (Å²) in [6.07, 6.45) is 2.93. The third-order valence-electron chi connectivity index (χ3n) is 2.46. The smallest absolute Gasteiger partial charge is 0.126 e. The van der Waals surface area contributed by atoms with Crippen LogP contribution in [0.2, 0.25) is 5.15 Å². The van der Waals surface area contributed by atoms with Crippen LogP contribution in [0.3, 0.4) is 0 Å². The Hall–Kier alpha value is -0.840. The van der Waals surface area contributed by atoms with Crippen molar-refractivity contribution in [2.24, 2.45) is 12.8 Å². The van der Waals surface area contributed by atoms with Crippen LogP contribution < -0.4 is 11.1 Å². The van der Waals surface area contributed by atoms with Crippen molar-refractivity contribution in [3.05, 3.63) is 28.6 Å². The molecule has 15 heavy (non-hydrogen) atoms. The molecule has 2 heterocycles. The van der Waals surface area contributed by atoms with Crippen LogP contribution in [-0.2, 0) is 13.5 Å². The Kier molecular flexibility index (Phi) is 3.09. The number of nitrogens with one attached hydrogen (secondary N) is 1. The van der Waals surface area contributed by atoms with Gasteiger partial charge in [0.15, 0.2) is 0 Å². The van der Waals surface area contributed by atoms with E-state index in [9.17, 15) is 0 Å². The Morgan fingerprint density at radius 3 is 3.13 bits per heavy atom. The Morgan fingerprint density at radius 2 is 2.53 bits per heavy atom. The molecule has 3 N–H and O–H groups in total. The number of nitrogens with zero attached hydrogens (tertiary/aromatic N) is 2. The van der Waals surface area contributed by atoms with E-state index in [1.165, 1.54) is 5.57 Å². The van der Waals surface area contributed by atoms with Crippen LogP contribution >= 0.6 is 11.6 Å². The number of rotatable bonds is 2. The van der Waals surface area contributed by atoms with Crippen molar-refractivity contribution in [1.29, 1.82) is 0 Å². The first-order chi connectivity index (χ1) is 7.15. The van der Waals surface area contributed by atoms with Gasteiger partial charge in [-0.05, 0) is 6.07 Å². The van der Waals surface area contributed by atoms with Gasteiger partial charge in [-0.25, -0.2) is 0 Å². The lowest BCUT2D eigenvalue weighted by Crippen LogP contribution is -2.38. The first kappa shape index (κ1) is 10.7. The Bertz CT molecular complexity index is 363. The maximum atomic E-state index is 5.92. The zero-order chi connectivity index (χ0) is 10.8. The molecule has 0 saturated carbocycles. The molecular weight excluding hydrogens is 212 g/mol. The van der Waals surface area contributed by atoms with Gasteiger partial charge in [0, 0.05) is 32.6 Å². The SMILES string of the molecule is Cn1nc(CC2=CC(N)CNC2)cc1Cl. The molecule has 82 valence electrons. The number of aromatic nitrogens is 2. The molecule has 1 aliphatic rings. The zero-order valence-corrected chi connectivity index (χ0v) is 9.46. The highest BCUT2D eigenvalue weighted by molar-refractivity contribution is 6.29. The average Bonchev–Trinajstić information content (AvgIpc) is 2.45. The monoisotopic (exact) mass is 226 g/mol. The molecule has 0 saturated heterocycles. The highest BCUT2D eigenvalue weighted by atomic mass is 35.5. The minimum absolute atomic E-state index is 0.118. The Balaban J connectivity index is 2.08. The van der Waals surface area contributed by atoms with Crippen LogP contribution in [0.4, 0.5) is 0 Å². The van der Waals surface area contributed by atoms with Gasteiger partial charge in [0.05, 0.1) is 5.69 Å². The maximum absolute atomic E-state index is 5.92. The van der Waals surface area contributed by atoms with Crippen LogP contribution in [0.15, 0.2) is 17.7 Å². The van der Waals surface area contributed by atoms with Crippen LogP contribution in [0.1, 0.15) is 5.69 Å². The summed E-state index contributed by atoms with van der Waals surface area (Å²) in [6.45, 7) is 1.74. The highest BCUT2D eigenvalue weighted by Gasteiger charge is 2.11. The number of hydrogen-bond donors (Lipinski definition) is 2. The van der Waals surface area contributed by atoms with Crippen molar-refractivity contribution in [2.45, 2.75) is 12.5 Å². The quantitative estimate of drug-likeness (QED) is 0.721. The predicted molar refractivity (Wildman–Crippen MR) is 60.9 cm³/mol. The fourth-order valence-corrected chi connectivity index (χ4v) is 1.92. The lowest BCUT2D eigenvalue weighted by atomic mass is 10.0. The molecule has 0 spiro atoms. The number of halogens is 1. The molecule has 1 unspecified atom stereocenters. The van der Waals surface area contributed by atoms with E-state index >= 15 is 0 Å². The zero-order valence-electron chi connectivity index (χ0n) is 8.70. The summed E-state index contributed by atoms with van der Waals surface area (Å²) >= 11 is 5.92. The van der Waals surface area contributed by atoms with Gasteiger partial charge in [-0.2, -0.15) is 5.10 Å². The summed E-state index contributed by atoms with van der Waals surface area (Å²) in [5, 5.41) is 8.24. The first-order valence-corrected chi connectivity index (χ1v) is 5.37. The van der Waals surface area contributed by atoms with E-state index in [4.69, 9.17) is 17.3 Å². The van der Waals surface area contributed by atoms with Crippen molar-refractivity contribution in [3.8, 4) is 0 Å². The molecule has 5 heteroatoms. The van der Waals surface area contributed by atoms with Crippen molar-refractivity contribution >= 4 is 11.6 Å². The van der Waals surface area contributed by atoms with E-state index in [2.05, 4.69) is 16.5 Å². The van der Waals surface area contributed by atoms with Crippen molar-refractivity contribution < 1.29 is 0 Å². The van der Waals surface area contributed by atoms with Crippen molar-refractivity contribution in [1.82, 2.24) is 15.1 Å². The maximum Gasteiger partial charge on any atom is 0.126 e. The second-order valence-corrected chi connectivity index (χ2v) is 4.27. The molecule has 2 rings (SSSR count). The van der Waals surface area contributed by atoms with Gasteiger partial charge in [-0.15, -0.1) is 0 Å². The fourth-order valence-electron chi connectivity index (χ4n) is 1.76. The number of aryl methyl sites for hydroxylation is 1. The number of hydrogen-bond acceptors (Lipinski definition) is 3. The normalized spacial score (nSPS) is 21.5. The Labute approximate surface area is 94.1 Å². The average molecular weight is 227 g/mol. The van der Waals surface area contributed by atoms with E-state index in [0.717, 1.165) is 25.2 Å². The lowest BCUT2D eigenvalue weighted by molar-refractivity contribution is 0.624. The second-order valence-electron chi connectivity index (χ2n) is 3.88. The summed E-state index contributed by atoms with van der Waals surface area (Å²) in [4.78, 5) is 0. The van der Waals surface area contributed by atoms with Crippen LogP contribution in [0, 0.1) is 0 Å². The summed E-state index contributed by atoms with van der Waals surface area (Å²) < 4.78 is 1.67. The van der Waals surface area contributed by atoms with E-state index in [1.54, 1.807) is 4.68 Å². The molecule has 1 aromatic heterocycles. The lowest BCUT2D eigenvalue weighted by Gasteiger charge is -2.18. The van der Waals surface area contributed by atoms with E-state index < -0.39 is 0 Å². The second kappa shape index (κ2) is 4.35. The fraction of sp³-hybridized carbons (Fsp3) is 0.500. The number of nitrogens with two attached hydrogens (primary N) is 1. The van der Waals surface area contributed by atoms with Gasteiger partial charge < -0.3 is 11.1 Å². The van der Waals surface area contributed by atoms with Gasteiger partial charge in [-0.1, -0.05) is 23.3 Å². The van der Waals surface area contributed by atoms with E-state index in [1.807, 2.05) is 13.1 Å². The summed E-state index contributed by atoms with van der Waals surface area (Å²) in [5.74, 6) is 0. The molecule has 0 aliphatic carbocycles. The minimum Gasteiger partial charge on any atom is -0.323 e. The third-order valence-corrected chi connectivity index (χ3v) is 2.82. The largest absolute Gasteiger partial charge is 0.323 e. The van der Waals surface area contributed by atoms with Gasteiger partial charge in [0.1, 0.15) is 5.15 Å². The third kappa shape index (κ3) is 2.59. The first-order valence-electron chi connectivity index (χ1n) is 4.99. The summed E-state index contributed by atoms with van der Waals surface area (Å²) in [7, 11) is 1.84. The molecule has 0 bridgehead atoms. The topological polar surface area (TPSA) is 55.9 Å². The molecule has 0 aromatic carbocycles. The predicted octanol–water partition coefficient (Wildman–Crippen LogP) is 0.473. The summed E-state index contributed by atoms with van der Waals surface area (Å²) in [6, 6.07) is 2.01. The molecule has 1 aromatic rings. The van der Waals surface area contributed by atoms with Gasteiger partial charge in [0.2, 0.25) is 0 Å². The van der Waals surface area contributed by atoms with Gasteiger partial charge in [0.25, 0.3) is 0 Å². The molecule has 1 atom stereocenters. The molecule has 0 radical (unpaired) electrons. The van der Waals surface area contributed by atoms with E-state index in [0.29, 0.717) is 5.15 Å². The van der Waals surface area contributed by atoms with E-state index in [-0.39, 0.29) is 6.04 Å². The van der Waals surface area contributed by atoms with Gasteiger partial charge >= 0.3 is 0 Å². The van der Waals surface area contributed by atoms with Gasteiger partial charge in [-0.3, -0.25) is 4.68 Å². The summed E-state index contributed by atoms with van der Waals surface area (Å²) in [5.41, 5.74) is 8.09. The van der Waals surface area contributed by atoms with Crippen molar-refractivity contribution in [2.75, 3.05) is 13.1 Å². The van der Waals surface area contributed by atoms with Crippen molar-refractivity contribution in [3.63, 3.8) is 0 Å². The van der Waals surface area contributed by atoms with Crippen LogP contribution in [0.5, 0.6) is 0 Å². The van der Waals surface area contributed by atoms with Crippen LogP contribution in [0.25, 0.3) is 0 Å². The standard InChI is InChI=1S/C10H15ClN4/c1-15-10(11)4-9(14-15)3-7-2-8(12)6-13-5-7/h2,4,8,13H,3,5-6,12H2,1H3. The molecule has 4 nitrogen and oxygen atoms in total. The molecule has 0 amide bonds. The minimum atomic E-state index is 0.118. The molecular formula is C10H15ClN4. The molecule has 0 fully saturated rings. The Morgan fingerprint density at radius 1 is 1.73 bits per heavy atom.